The molecule has 2 heterocycles. The SMILES string of the molecule is O=C(COC(=O)c1cc(-c2ccc(N3C(=O)c4ccccc4C3=O)cc2)nc2ccc(Br)cc12)c1cccc([N+](=O)[O-])c1. The Labute approximate surface area is 251 Å². The number of nitro benzene ring substituents is 1. The van der Waals surface area contributed by atoms with Gasteiger partial charge in [0, 0.05) is 33.1 Å². The lowest BCUT2D eigenvalue weighted by atomic mass is 10.0. The van der Waals surface area contributed by atoms with Crippen LogP contribution in [-0.2, 0) is 4.74 Å². The third-order valence-electron chi connectivity index (χ3n) is 6.92. The maximum Gasteiger partial charge on any atom is 0.339 e. The van der Waals surface area contributed by atoms with E-state index in [1.165, 1.54) is 24.3 Å². The maximum absolute atomic E-state index is 13.3. The number of non-ortho nitro benzene ring substituents is 1. The number of halogens is 1. The molecule has 1 aliphatic rings. The quantitative estimate of drug-likeness (QED) is 0.0657. The average molecular weight is 636 g/mol. The number of anilines is 1. The average Bonchev–Trinajstić information content (AvgIpc) is 3.28. The van der Waals surface area contributed by atoms with Gasteiger partial charge in [0.1, 0.15) is 0 Å². The molecule has 43 heavy (non-hydrogen) atoms. The molecule has 10 nitrogen and oxygen atoms in total. The summed E-state index contributed by atoms with van der Waals surface area (Å²) in [4.78, 5) is 67.9. The Morgan fingerprint density at radius 1 is 0.860 bits per heavy atom. The molecule has 2 amide bonds. The predicted octanol–water partition coefficient (Wildman–Crippen LogP) is 6.41. The number of amides is 2. The molecule has 1 aromatic heterocycles. The van der Waals surface area contributed by atoms with Gasteiger partial charge >= 0.3 is 5.97 Å². The zero-order valence-corrected chi connectivity index (χ0v) is 23.6. The third kappa shape index (κ3) is 5.17. The highest BCUT2D eigenvalue weighted by Crippen LogP contribution is 2.32. The van der Waals surface area contributed by atoms with Gasteiger partial charge in [0.25, 0.3) is 17.5 Å². The molecule has 4 aromatic carbocycles. The monoisotopic (exact) mass is 635 g/mol. The molecule has 0 atom stereocenters. The molecule has 5 aromatic rings. The number of carbonyl (C=O) groups is 4. The normalized spacial score (nSPS) is 12.3. The molecule has 0 bridgehead atoms. The number of benzene rings is 4. The number of carbonyl (C=O) groups excluding carboxylic acids is 4. The molecule has 0 saturated carbocycles. The summed E-state index contributed by atoms with van der Waals surface area (Å²) in [6.45, 7) is -0.623. The minimum Gasteiger partial charge on any atom is -0.454 e. The Kier molecular flexibility index (Phi) is 7.08. The van der Waals surface area contributed by atoms with Crippen molar-refractivity contribution in [3.63, 3.8) is 0 Å². The summed E-state index contributed by atoms with van der Waals surface area (Å²) in [5.41, 5.74) is 2.52. The summed E-state index contributed by atoms with van der Waals surface area (Å²) in [7, 11) is 0. The van der Waals surface area contributed by atoms with E-state index >= 15 is 0 Å². The Balaban J connectivity index is 1.28. The highest BCUT2D eigenvalue weighted by atomic mass is 79.9. The van der Waals surface area contributed by atoms with E-state index in [1.54, 1.807) is 66.7 Å². The van der Waals surface area contributed by atoms with E-state index in [2.05, 4.69) is 20.9 Å². The van der Waals surface area contributed by atoms with Crippen molar-refractivity contribution < 1.29 is 28.8 Å². The van der Waals surface area contributed by atoms with Gasteiger partial charge < -0.3 is 4.74 Å². The Morgan fingerprint density at radius 2 is 1.56 bits per heavy atom. The molecule has 0 spiro atoms. The van der Waals surface area contributed by atoms with E-state index in [-0.39, 0.29) is 16.8 Å². The minimum absolute atomic E-state index is 0.0446. The van der Waals surface area contributed by atoms with Crippen LogP contribution in [0.15, 0.2) is 102 Å². The number of fused-ring (bicyclic) bond motifs is 2. The van der Waals surface area contributed by atoms with Crippen LogP contribution in [0.3, 0.4) is 0 Å². The van der Waals surface area contributed by atoms with Gasteiger partial charge in [0.15, 0.2) is 6.61 Å². The lowest BCUT2D eigenvalue weighted by Gasteiger charge is -2.15. The topological polar surface area (TPSA) is 137 Å². The second-order valence-electron chi connectivity index (χ2n) is 9.56. The molecule has 0 fully saturated rings. The van der Waals surface area contributed by atoms with Crippen molar-refractivity contribution in [3.05, 3.63) is 134 Å². The third-order valence-corrected chi connectivity index (χ3v) is 7.41. The van der Waals surface area contributed by atoms with Gasteiger partial charge in [-0.2, -0.15) is 0 Å². The molecule has 1 aliphatic heterocycles. The zero-order valence-electron chi connectivity index (χ0n) is 22.0. The first kappa shape index (κ1) is 27.6. The number of ether oxygens (including phenoxy) is 1. The lowest BCUT2D eigenvalue weighted by Crippen LogP contribution is -2.29. The van der Waals surface area contributed by atoms with E-state index in [4.69, 9.17) is 4.74 Å². The summed E-state index contributed by atoms with van der Waals surface area (Å²) in [5, 5.41) is 11.5. The Bertz CT molecular complexity index is 1970. The smallest absolute Gasteiger partial charge is 0.339 e. The highest BCUT2D eigenvalue weighted by molar-refractivity contribution is 9.10. The fourth-order valence-corrected chi connectivity index (χ4v) is 5.17. The first-order chi connectivity index (χ1) is 20.7. The van der Waals surface area contributed by atoms with Gasteiger partial charge in [-0.15, -0.1) is 0 Å². The van der Waals surface area contributed by atoms with Crippen molar-refractivity contribution in [1.82, 2.24) is 4.98 Å². The summed E-state index contributed by atoms with van der Waals surface area (Å²) < 4.78 is 6.04. The van der Waals surface area contributed by atoms with E-state index in [0.717, 1.165) is 11.0 Å². The molecule has 6 rings (SSSR count). The van der Waals surface area contributed by atoms with Crippen LogP contribution in [-0.4, -0.2) is 40.1 Å². The van der Waals surface area contributed by atoms with E-state index in [9.17, 15) is 29.3 Å². The van der Waals surface area contributed by atoms with Crippen molar-refractivity contribution in [2.45, 2.75) is 0 Å². The number of ketones is 1. The van der Waals surface area contributed by atoms with Crippen LogP contribution in [0.4, 0.5) is 11.4 Å². The minimum atomic E-state index is -0.784. The molecule has 0 N–H and O–H groups in total. The van der Waals surface area contributed by atoms with E-state index < -0.39 is 35.1 Å². The van der Waals surface area contributed by atoms with Gasteiger partial charge in [-0.05, 0) is 48.5 Å². The molecule has 210 valence electrons. The number of rotatable bonds is 7. The van der Waals surface area contributed by atoms with Gasteiger partial charge in [-0.3, -0.25) is 24.5 Å². The molecule has 0 saturated heterocycles. The standard InChI is InChI=1S/C32H18BrN3O7/c33-20-10-13-27-25(15-20)26(32(40)43-17-29(37)19-4-3-5-22(14-19)36(41)42)16-28(34-27)18-8-11-21(12-9-18)35-30(38)23-6-1-2-7-24(23)31(35)39/h1-16H,17H2. The fourth-order valence-electron chi connectivity index (χ4n) is 4.80. The van der Waals surface area contributed by atoms with Gasteiger partial charge in [-0.1, -0.05) is 52.3 Å². The van der Waals surface area contributed by atoms with E-state index in [1.807, 2.05) is 0 Å². The molecule has 0 aliphatic carbocycles. The summed E-state index contributed by atoms with van der Waals surface area (Å²) in [6.07, 6.45) is 0. The summed E-state index contributed by atoms with van der Waals surface area (Å²) >= 11 is 3.40. The number of imide groups is 1. The van der Waals surface area contributed by atoms with Crippen molar-refractivity contribution in [2.75, 3.05) is 11.5 Å². The van der Waals surface area contributed by atoms with Crippen LogP contribution in [0.1, 0.15) is 41.4 Å². The summed E-state index contributed by atoms with van der Waals surface area (Å²) in [5.74, 6) is -2.20. The van der Waals surface area contributed by atoms with Gasteiger partial charge in [-0.25, -0.2) is 14.7 Å². The Morgan fingerprint density at radius 3 is 2.23 bits per heavy atom. The van der Waals surface area contributed by atoms with Crippen molar-refractivity contribution in [2.24, 2.45) is 0 Å². The number of aromatic nitrogens is 1. The van der Waals surface area contributed by atoms with Crippen molar-refractivity contribution >= 4 is 61.8 Å². The number of Topliss-reactive ketones (excluding diaryl/α,β-unsaturated/α-hetero) is 1. The van der Waals surface area contributed by atoms with Gasteiger partial charge in [0.2, 0.25) is 5.78 Å². The molecule has 0 unspecified atom stereocenters. The maximum atomic E-state index is 13.3. The second-order valence-corrected chi connectivity index (χ2v) is 10.5. The van der Waals surface area contributed by atoms with Crippen LogP contribution in [0.5, 0.6) is 0 Å². The molecule has 0 radical (unpaired) electrons. The van der Waals surface area contributed by atoms with Crippen LogP contribution >= 0.6 is 15.9 Å². The van der Waals surface area contributed by atoms with Crippen molar-refractivity contribution in [1.29, 1.82) is 0 Å². The molecular formula is C32H18BrN3O7. The number of hydrogen-bond donors (Lipinski definition) is 0. The number of nitro groups is 1. The first-order valence-corrected chi connectivity index (χ1v) is 13.6. The van der Waals surface area contributed by atoms with Crippen LogP contribution in [0.25, 0.3) is 22.2 Å². The second kappa shape index (κ2) is 11.0. The highest BCUT2D eigenvalue weighted by Gasteiger charge is 2.36. The molecular weight excluding hydrogens is 618 g/mol. The number of esters is 1. The van der Waals surface area contributed by atoms with Gasteiger partial charge in [0.05, 0.1) is 38.5 Å². The zero-order chi connectivity index (χ0) is 30.2. The van der Waals surface area contributed by atoms with Crippen molar-refractivity contribution in [3.8, 4) is 11.3 Å². The first-order valence-electron chi connectivity index (χ1n) is 12.8. The number of hydrogen-bond acceptors (Lipinski definition) is 8. The predicted molar refractivity (Wildman–Crippen MR) is 160 cm³/mol. The van der Waals surface area contributed by atoms with E-state index in [0.29, 0.717) is 43.4 Å². The molecule has 11 heteroatoms. The van der Waals surface area contributed by atoms with Crippen LogP contribution < -0.4 is 4.90 Å². The Hall–Kier alpha value is -5.55. The van der Waals surface area contributed by atoms with Crippen LogP contribution in [0, 0.1) is 10.1 Å². The van der Waals surface area contributed by atoms with Crippen LogP contribution in [0.2, 0.25) is 0 Å². The number of pyridine rings is 1. The summed E-state index contributed by atoms with van der Waals surface area (Å²) in [6, 6.07) is 25.2. The fraction of sp³-hybridized carbons (Fsp3) is 0.0312. The number of nitrogens with zero attached hydrogens (tertiary/aromatic N) is 3. The lowest BCUT2D eigenvalue weighted by molar-refractivity contribution is -0.384. The largest absolute Gasteiger partial charge is 0.454 e.